The smallest absolute Gasteiger partial charge is 0.188 e. The molecule has 1 aliphatic rings. The van der Waals surface area contributed by atoms with Gasteiger partial charge in [-0.1, -0.05) is 18.2 Å². The monoisotopic (exact) mass is 200 g/mol. The van der Waals surface area contributed by atoms with Crippen molar-refractivity contribution in [3.05, 3.63) is 46.5 Å². The van der Waals surface area contributed by atoms with Gasteiger partial charge in [0.15, 0.2) is 5.78 Å². The van der Waals surface area contributed by atoms with Crippen LogP contribution in [0.5, 0.6) is 0 Å². The molecule has 0 heterocycles. The second-order valence-corrected chi connectivity index (χ2v) is 4.25. The molecule has 0 fully saturated rings. The molecule has 0 spiro atoms. The number of hydrogen-bond donors (Lipinski definition) is 0. The fourth-order valence-electron chi connectivity index (χ4n) is 1.95. The molecule has 1 heteroatoms. The fourth-order valence-corrected chi connectivity index (χ4v) is 1.95. The van der Waals surface area contributed by atoms with E-state index in [9.17, 15) is 4.79 Å². The van der Waals surface area contributed by atoms with E-state index in [0.29, 0.717) is 0 Å². The highest BCUT2D eigenvalue weighted by molar-refractivity contribution is 6.09. The molecular formula is C14H16O. The Morgan fingerprint density at radius 1 is 1.20 bits per heavy atom. The first-order valence-corrected chi connectivity index (χ1v) is 5.49. The van der Waals surface area contributed by atoms with Crippen molar-refractivity contribution in [1.82, 2.24) is 0 Å². The molecule has 1 aromatic rings. The van der Waals surface area contributed by atoms with E-state index in [4.69, 9.17) is 0 Å². The third-order valence-corrected chi connectivity index (χ3v) is 3.10. The summed E-state index contributed by atoms with van der Waals surface area (Å²) < 4.78 is 0. The first kappa shape index (κ1) is 10.2. The van der Waals surface area contributed by atoms with Crippen molar-refractivity contribution in [2.75, 3.05) is 0 Å². The van der Waals surface area contributed by atoms with Crippen LogP contribution in [0.1, 0.15) is 40.7 Å². The average molecular weight is 200 g/mol. The second-order valence-electron chi connectivity index (χ2n) is 4.25. The normalized spacial score (nSPS) is 15.2. The third kappa shape index (κ3) is 2.01. The molecule has 2 rings (SSSR count). The predicted molar refractivity (Wildman–Crippen MR) is 62.2 cm³/mol. The zero-order chi connectivity index (χ0) is 10.8. The van der Waals surface area contributed by atoms with Crippen LogP contribution in [-0.4, -0.2) is 5.78 Å². The van der Waals surface area contributed by atoms with Crippen LogP contribution in [0.4, 0.5) is 0 Å². The van der Waals surface area contributed by atoms with Crippen LogP contribution in [0.3, 0.4) is 0 Å². The highest BCUT2D eigenvalue weighted by Gasteiger charge is 2.15. The molecular weight excluding hydrogens is 184 g/mol. The third-order valence-electron chi connectivity index (χ3n) is 3.10. The molecule has 78 valence electrons. The summed E-state index contributed by atoms with van der Waals surface area (Å²) in [6.45, 7) is 4.12. The van der Waals surface area contributed by atoms with Gasteiger partial charge in [0, 0.05) is 5.56 Å². The molecule has 0 bridgehead atoms. The molecule has 1 nitrogen and oxygen atoms in total. The number of allylic oxidation sites excluding steroid dienone is 2. The first-order chi connectivity index (χ1) is 7.18. The second kappa shape index (κ2) is 4.01. The Morgan fingerprint density at radius 2 is 2.00 bits per heavy atom. The summed E-state index contributed by atoms with van der Waals surface area (Å²) in [5.74, 6) is 0.218. The standard InChI is InChI=1S/C14H16O/c1-10-7-8-13(9-11(10)2)14(15)12-5-3-4-6-12/h5,7-9H,3-4,6H2,1-2H3. The van der Waals surface area contributed by atoms with Crippen LogP contribution >= 0.6 is 0 Å². The molecule has 15 heavy (non-hydrogen) atoms. The minimum atomic E-state index is 0.218. The molecule has 1 aliphatic carbocycles. The van der Waals surface area contributed by atoms with Gasteiger partial charge in [-0.05, 0) is 55.9 Å². The fraction of sp³-hybridized carbons (Fsp3) is 0.357. The summed E-state index contributed by atoms with van der Waals surface area (Å²) in [6, 6.07) is 5.96. The van der Waals surface area contributed by atoms with E-state index in [-0.39, 0.29) is 5.78 Å². The van der Waals surface area contributed by atoms with Gasteiger partial charge in [0.1, 0.15) is 0 Å². The maximum absolute atomic E-state index is 12.0. The number of carbonyl (C=O) groups excluding carboxylic acids is 1. The quantitative estimate of drug-likeness (QED) is 0.667. The Kier molecular flexibility index (Phi) is 2.72. The van der Waals surface area contributed by atoms with Gasteiger partial charge < -0.3 is 0 Å². The van der Waals surface area contributed by atoms with Gasteiger partial charge in [-0.25, -0.2) is 0 Å². The Hall–Kier alpha value is -1.37. The lowest BCUT2D eigenvalue weighted by atomic mass is 9.99. The summed E-state index contributed by atoms with van der Waals surface area (Å²) in [4.78, 5) is 12.0. The van der Waals surface area contributed by atoms with Gasteiger partial charge in [-0.2, -0.15) is 0 Å². The van der Waals surface area contributed by atoms with E-state index in [2.05, 4.69) is 19.9 Å². The zero-order valence-electron chi connectivity index (χ0n) is 9.34. The molecule has 0 atom stereocenters. The SMILES string of the molecule is Cc1ccc(C(=O)C2=CCCC2)cc1C. The Balaban J connectivity index is 2.29. The van der Waals surface area contributed by atoms with Crippen LogP contribution in [0.25, 0.3) is 0 Å². The van der Waals surface area contributed by atoms with Crippen molar-refractivity contribution in [3.8, 4) is 0 Å². The van der Waals surface area contributed by atoms with Crippen molar-refractivity contribution < 1.29 is 4.79 Å². The number of aryl methyl sites for hydroxylation is 2. The van der Waals surface area contributed by atoms with E-state index in [1.165, 1.54) is 11.1 Å². The van der Waals surface area contributed by atoms with Gasteiger partial charge in [-0.15, -0.1) is 0 Å². The largest absolute Gasteiger partial charge is 0.289 e. The molecule has 0 aliphatic heterocycles. The van der Waals surface area contributed by atoms with Crippen LogP contribution in [0, 0.1) is 13.8 Å². The molecule has 0 saturated carbocycles. The first-order valence-electron chi connectivity index (χ1n) is 5.49. The maximum Gasteiger partial charge on any atom is 0.188 e. The summed E-state index contributed by atoms with van der Waals surface area (Å²) in [5.41, 5.74) is 4.27. The maximum atomic E-state index is 12.0. The number of ketones is 1. The van der Waals surface area contributed by atoms with Gasteiger partial charge in [0.25, 0.3) is 0 Å². The van der Waals surface area contributed by atoms with Crippen molar-refractivity contribution in [3.63, 3.8) is 0 Å². The summed E-state index contributed by atoms with van der Waals surface area (Å²) in [5, 5.41) is 0. The summed E-state index contributed by atoms with van der Waals surface area (Å²) in [6.07, 6.45) is 5.22. The lowest BCUT2D eigenvalue weighted by Gasteiger charge is -2.05. The van der Waals surface area contributed by atoms with Gasteiger partial charge in [0.2, 0.25) is 0 Å². The van der Waals surface area contributed by atoms with E-state index in [1.807, 2.05) is 18.2 Å². The van der Waals surface area contributed by atoms with E-state index >= 15 is 0 Å². The number of rotatable bonds is 2. The summed E-state index contributed by atoms with van der Waals surface area (Å²) in [7, 11) is 0. The predicted octanol–water partition coefficient (Wildman–Crippen LogP) is 3.60. The van der Waals surface area contributed by atoms with Crippen molar-refractivity contribution in [2.45, 2.75) is 33.1 Å². The number of carbonyl (C=O) groups is 1. The molecule has 0 amide bonds. The Morgan fingerprint density at radius 3 is 2.60 bits per heavy atom. The highest BCUT2D eigenvalue weighted by atomic mass is 16.1. The van der Waals surface area contributed by atoms with Crippen molar-refractivity contribution >= 4 is 5.78 Å². The van der Waals surface area contributed by atoms with Crippen LogP contribution in [-0.2, 0) is 0 Å². The Bertz CT molecular complexity index is 427. The van der Waals surface area contributed by atoms with Crippen LogP contribution < -0.4 is 0 Å². The molecule has 0 radical (unpaired) electrons. The van der Waals surface area contributed by atoms with Crippen molar-refractivity contribution in [1.29, 1.82) is 0 Å². The molecule has 1 aromatic carbocycles. The number of Topliss-reactive ketones (excluding diaryl/α,β-unsaturated/α-hetero) is 1. The molecule has 0 saturated heterocycles. The van der Waals surface area contributed by atoms with E-state index in [1.54, 1.807) is 0 Å². The highest BCUT2D eigenvalue weighted by Crippen LogP contribution is 2.22. The van der Waals surface area contributed by atoms with Crippen LogP contribution in [0.2, 0.25) is 0 Å². The minimum absolute atomic E-state index is 0.218. The Labute approximate surface area is 90.8 Å². The van der Waals surface area contributed by atoms with E-state index < -0.39 is 0 Å². The topological polar surface area (TPSA) is 17.1 Å². The average Bonchev–Trinajstić information content (AvgIpc) is 2.74. The minimum Gasteiger partial charge on any atom is -0.289 e. The zero-order valence-corrected chi connectivity index (χ0v) is 9.34. The lowest BCUT2D eigenvalue weighted by molar-refractivity contribution is 0.103. The van der Waals surface area contributed by atoms with Gasteiger partial charge in [0.05, 0.1) is 0 Å². The summed E-state index contributed by atoms with van der Waals surface area (Å²) >= 11 is 0. The lowest BCUT2D eigenvalue weighted by Crippen LogP contribution is -2.02. The number of benzene rings is 1. The van der Waals surface area contributed by atoms with E-state index in [0.717, 1.165) is 30.4 Å². The molecule has 0 N–H and O–H groups in total. The molecule has 0 aromatic heterocycles. The van der Waals surface area contributed by atoms with Crippen LogP contribution in [0.15, 0.2) is 29.8 Å². The van der Waals surface area contributed by atoms with Gasteiger partial charge in [-0.3, -0.25) is 4.79 Å². The number of hydrogen-bond acceptors (Lipinski definition) is 1. The molecule has 0 unspecified atom stereocenters. The van der Waals surface area contributed by atoms with Gasteiger partial charge >= 0.3 is 0 Å². The van der Waals surface area contributed by atoms with Crippen molar-refractivity contribution in [2.24, 2.45) is 0 Å².